The second kappa shape index (κ2) is 10.2. The van der Waals surface area contributed by atoms with Crippen LogP contribution in [0.4, 0.5) is 26.3 Å². The van der Waals surface area contributed by atoms with Crippen LogP contribution in [0.5, 0.6) is 0 Å². The van der Waals surface area contributed by atoms with Gasteiger partial charge in [-0.2, -0.15) is 26.3 Å². The van der Waals surface area contributed by atoms with E-state index in [0.717, 1.165) is 11.3 Å². The van der Waals surface area contributed by atoms with Crippen LogP contribution in [0.25, 0.3) is 0 Å². The number of carbonyl (C=O) groups is 1. The van der Waals surface area contributed by atoms with Crippen molar-refractivity contribution in [2.24, 2.45) is 10.9 Å². The van der Waals surface area contributed by atoms with Crippen molar-refractivity contribution in [1.82, 2.24) is 4.90 Å². The van der Waals surface area contributed by atoms with Crippen LogP contribution in [0.15, 0.2) is 53.5 Å². The van der Waals surface area contributed by atoms with Gasteiger partial charge in [0.2, 0.25) is 0 Å². The van der Waals surface area contributed by atoms with Gasteiger partial charge in [0, 0.05) is 43.2 Å². The number of piperidine rings is 1. The minimum atomic E-state index is -5.02. The number of likely N-dealkylation sites (tertiary alicyclic amines) is 1. The lowest BCUT2D eigenvalue weighted by Gasteiger charge is -2.37. The fourth-order valence-corrected chi connectivity index (χ4v) is 3.95. The lowest BCUT2D eigenvalue weighted by molar-refractivity contribution is -0.143. The maximum absolute atomic E-state index is 13.3. The number of hydrogen-bond acceptors (Lipinski definition) is 2. The van der Waals surface area contributed by atoms with Gasteiger partial charge in [-0.05, 0) is 36.1 Å². The highest BCUT2D eigenvalue weighted by molar-refractivity contribution is 5.97. The summed E-state index contributed by atoms with van der Waals surface area (Å²) in [5.41, 5.74) is -1.81. The molecule has 1 fully saturated rings. The summed E-state index contributed by atoms with van der Waals surface area (Å²) in [6.45, 7) is 4.83. The molecule has 1 amide bonds. The second-order valence-corrected chi connectivity index (χ2v) is 8.89. The van der Waals surface area contributed by atoms with Gasteiger partial charge in [0.25, 0.3) is 5.91 Å². The molecule has 0 radical (unpaired) electrons. The van der Waals surface area contributed by atoms with Crippen molar-refractivity contribution in [3.63, 3.8) is 0 Å². The zero-order chi connectivity index (χ0) is 25.1. The fourth-order valence-electron chi connectivity index (χ4n) is 3.95. The fraction of sp³-hybridized carbons (Fsp3) is 0.440. The van der Waals surface area contributed by atoms with Crippen molar-refractivity contribution in [2.75, 3.05) is 13.1 Å². The van der Waals surface area contributed by atoms with Gasteiger partial charge in [-0.25, -0.2) is 0 Å². The molecule has 0 N–H and O–H groups in total. The zero-order valence-electron chi connectivity index (χ0n) is 18.9. The summed E-state index contributed by atoms with van der Waals surface area (Å²) >= 11 is 0. The predicted molar refractivity (Wildman–Crippen MR) is 118 cm³/mol. The molecule has 1 heterocycles. The third-order valence-electron chi connectivity index (χ3n) is 5.64. The topological polar surface area (TPSA) is 32.7 Å². The van der Waals surface area contributed by atoms with Crippen molar-refractivity contribution in [1.29, 1.82) is 0 Å². The Balaban J connectivity index is 1.97. The Morgan fingerprint density at radius 3 is 2.12 bits per heavy atom. The van der Waals surface area contributed by atoms with E-state index in [2.05, 4.69) is 4.99 Å². The molecule has 0 aromatic heterocycles. The molecule has 2 aromatic carbocycles. The quantitative estimate of drug-likeness (QED) is 0.437. The SMILES string of the molecule is CC(C)CN=C1CCN(C(=O)c2cc(C(F)(F)F)cc(C(F)(F)F)c2)[C@H](Cc2ccccc2)C1. The first-order valence-corrected chi connectivity index (χ1v) is 11.0. The summed E-state index contributed by atoms with van der Waals surface area (Å²) < 4.78 is 79.8. The number of carbonyl (C=O) groups excluding carboxylic acids is 1. The third-order valence-corrected chi connectivity index (χ3v) is 5.64. The Bertz CT molecular complexity index is 996. The van der Waals surface area contributed by atoms with E-state index >= 15 is 0 Å². The van der Waals surface area contributed by atoms with Crippen LogP contribution < -0.4 is 0 Å². The minimum Gasteiger partial charge on any atom is -0.335 e. The molecular formula is C25H26F6N2O. The van der Waals surface area contributed by atoms with Gasteiger partial charge in [-0.3, -0.25) is 9.79 Å². The van der Waals surface area contributed by atoms with Gasteiger partial charge in [0.05, 0.1) is 11.1 Å². The van der Waals surface area contributed by atoms with Crippen LogP contribution in [-0.4, -0.2) is 35.7 Å². The Hall–Kier alpha value is -2.84. The summed E-state index contributed by atoms with van der Waals surface area (Å²) in [7, 11) is 0. The molecule has 2 aromatic rings. The number of nitrogens with zero attached hydrogens (tertiary/aromatic N) is 2. The van der Waals surface area contributed by atoms with Gasteiger partial charge in [-0.15, -0.1) is 0 Å². The molecule has 0 aliphatic carbocycles. The minimum absolute atomic E-state index is 0.0329. The summed E-state index contributed by atoms with van der Waals surface area (Å²) in [5, 5.41) is 0. The van der Waals surface area contributed by atoms with Gasteiger partial charge in [0.1, 0.15) is 0 Å². The normalized spacial score (nSPS) is 18.6. The Labute approximate surface area is 194 Å². The summed E-state index contributed by atoms with van der Waals surface area (Å²) in [6, 6.07) is 9.84. The predicted octanol–water partition coefficient (Wildman–Crippen LogP) is 6.67. The molecule has 1 saturated heterocycles. The van der Waals surface area contributed by atoms with Crippen molar-refractivity contribution >= 4 is 11.6 Å². The largest absolute Gasteiger partial charge is 0.416 e. The molecule has 3 nitrogen and oxygen atoms in total. The average Bonchev–Trinajstić information content (AvgIpc) is 2.76. The van der Waals surface area contributed by atoms with Crippen molar-refractivity contribution < 1.29 is 31.1 Å². The lowest BCUT2D eigenvalue weighted by Crippen LogP contribution is -2.47. The van der Waals surface area contributed by atoms with Gasteiger partial charge in [-0.1, -0.05) is 44.2 Å². The Morgan fingerprint density at radius 1 is 1.00 bits per heavy atom. The van der Waals surface area contributed by atoms with Gasteiger partial charge < -0.3 is 4.90 Å². The first-order valence-electron chi connectivity index (χ1n) is 11.0. The van der Waals surface area contributed by atoms with Gasteiger partial charge in [0.15, 0.2) is 0 Å². The van der Waals surface area contributed by atoms with Crippen LogP contribution in [0.3, 0.4) is 0 Å². The standard InChI is InChI=1S/C25H26F6N2O/c1-16(2)15-32-21-8-9-33(22(14-21)10-17-6-4-3-5-7-17)23(34)18-11-19(24(26,27)28)13-20(12-18)25(29,30)31/h3-7,11-13,16,22H,8-10,14-15H2,1-2H3/t22-/m1/s1. The second-order valence-electron chi connectivity index (χ2n) is 8.89. The van der Waals surface area contributed by atoms with E-state index < -0.39 is 41.0 Å². The molecule has 0 bridgehead atoms. The molecule has 1 aliphatic rings. The Morgan fingerprint density at radius 2 is 1.59 bits per heavy atom. The number of aliphatic imine (C=N–C) groups is 1. The van der Waals surface area contributed by atoms with Crippen LogP contribution in [-0.2, 0) is 18.8 Å². The van der Waals surface area contributed by atoms with Crippen LogP contribution in [0.1, 0.15) is 53.7 Å². The molecule has 1 atom stereocenters. The maximum Gasteiger partial charge on any atom is 0.416 e. The number of rotatable bonds is 5. The number of alkyl halides is 6. The first-order chi connectivity index (χ1) is 15.8. The van der Waals surface area contributed by atoms with E-state index in [9.17, 15) is 31.1 Å². The number of benzene rings is 2. The number of amides is 1. The molecule has 3 rings (SSSR count). The van der Waals surface area contributed by atoms with Gasteiger partial charge >= 0.3 is 12.4 Å². The maximum atomic E-state index is 13.3. The highest BCUT2D eigenvalue weighted by atomic mass is 19.4. The van der Waals surface area contributed by atoms with Crippen LogP contribution >= 0.6 is 0 Å². The number of halogens is 6. The molecular weight excluding hydrogens is 458 g/mol. The molecule has 0 spiro atoms. The molecule has 0 saturated carbocycles. The van der Waals surface area contributed by atoms with E-state index in [0.29, 0.717) is 43.9 Å². The van der Waals surface area contributed by atoms with E-state index in [1.165, 1.54) is 4.90 Å². The smallest absolute Gasteiger partial charge is 0.335 e. The van der Waals surface area contributed by atoms with E-state index in [4.69, 9.17) is 0 Å². The first kappa shape index (κ1) is 25.8. The molecule has 184 valence electrons. The van der Waals surface area contributed by atoms with Crippen molar-refractivity contribution in [3.8, 4) is 0 Å². The third kappa shape index (κ3) is 6.61. The molecule has 9 heteroatoms. The number of hydrogen-bond donors (Lipinski definition) is 0. The van der Waals surface area contributed by atoms with Crippen LogP contribution in [0.2, 0.25) is 0 Å². The lowest BCUT2D eigenvalue weighted by atomic mass is 9.92. The van der Waals surface area contributed by atoms with Crippen molar-refractivity contribution in [3.05, 3.63) is 70.8 Å². The highest BCUT2D eigenvalue weighted by Crippen LogP contribution is 2.37. The van der Waals surface area contributed by atoms with E-state index in [-0.39, 0.29) is 12.6 Å². The average molecular weight is 484 g/mol. The summed E-state index contributed by atoms with van der Waals surface area (Å²) in [6.07, 6.45) is -8.78. The zero-order valence-corrected chi connectivity index (χ0v) is 18.9. The molecule has 0 unspecified atom stereocenters. The summed E-state index contributed by atoms with van der Waals surface area (Å²) in [5.74, 6) is -0.508. The molecule has 34 heavy (non-hydrogen) atoms. The van der Waals surface area contributed by atoms with E-state index in [1.54, 1.807) is 0 Å². The highest BCUT2D eigenvalue weighted by Gasteiger charge is 2.39. The Kier molecular flexibility index (Phi) is 7.73. The summed E-state index contributed by atoms with van der Waals surface area (Å²) in [4.78, 5) is 19.3. The monoisotopic (exact) mass is 484 g/mol. The van der Waals surface area contributed by atoms with Crippen LogP contribution in [0, 0.1) is 5.92 Å². The van der Waals surface area contributed by atoms with E-state index in [1.807, 2.05) is 44.2 Å². The molecule has 1 aliphatic heterocycles. The van der Waals surface area contributed by atoms with Crippen molar-refractivity contribution in [2.45, 2.75) is 51.5 Å².